The first-order chi connectivity index (χ1) is 25.4. The van der Waals surface area contributed by atoms with Crippen LogP contribution in [0.25, 0.3) is 27.6 Å². The average molecular weight is 719 g/mol. The Morgan fingerprint density at radius 3 is 1.96 bits per heavy atom. The summed E-state index contributed by atoms with van der Waals surface area (Å²) in [6.07, 6.45) is 2.92. The van der Waals surface area contributed by atoms with Crippen LogP contribution < -0.4 is 14.5 Å². The van der Waals surface area contributed by atoms with E-state index in [2.05, 4.69) is 195 Å². The van der Waals surface area contributed by atoms with E-state index in [1.807, 2.05) is 6.20 Å². The largest absolute Gasteiger partial charge is 0.457 e. The normalized spacial score (nSPS) is 14.3. The lowest BCUT2D eigenvalue weighted by Crippen LogP contribution is -2.31. The van der Waals surface area contributed by atoms with Crippen molar-refractivity contribution < 1.29 is 4.74 Å². The number of hydrogen-bond acceptors (Lipinski definition) is 4. The number of anilines is 2. The van der Waals surface area contributed by atoms with Gasteiger partial charge in [-0.2, -0.15) is 0 Å². The summed E-state index contributed by atoms with van der Waals surface area (Å²) >= 11 is 0. The molecule has 0 spiro atoms. The molecule has 0 saturated heterocycles. The fraction of sp³-hybridized carbons (Fsp3) is 0.367. The summed E-state index contributed by atoms with van der Waals surface area (Å²) in [5, 5.41) is 2.38. The minimum atomic E-state index is -0.108. The number of hydrogen-bond donors (Lipinski definition) is 0. The Balaban J connectivity index is 1.30. The lowest BCUT2D eigenvalue weighted by atomic mass is 9.81. The summed E-state index contributed by atoms with van der Waals surface area (Å²) in [7, 11) is 0. The molecule has 6 aromatic rings. The smallest absolute Gasteiger partial charge is 0.137 e. The number of aromatic nitrogens is 2. The zero-order valence-electron chi connectivity index (χ0n) is 34.5. The van der Waals surface area contributed by atoms with Crippen LogP contribution in [0.2, 0.25) is 0 Å². The third-order valence-electron chi connectivity index (χ3n) is 10.7. The highest BCUT2D eigenvalue weighted by atomic mass is 16.5. The van der Waals surface area contributed by atoms with Gasteiger partial charge in [-0.15, -0.1) is 0 Å². The molecule has 5 nitrogen and oxygen atoms in total. The van der Waals surface area contributed by atoms with E-state index in [9.17, 15) is 0 Å². The SMILES string of the molecule is CCc1cc(N2CN(c3cccc(Oc4ccc5c6ccccc6n(-c6cc(C(C)C)ccn6)c5c4)c3)C(C(C)(C)C)=C2C(C)(C)C)cc(C(C)(C)C)c1. The maximum absolute atomic E-state index is 6.76. The second-order valence-electron chi connectivity index (χ2n) is 18.4. The number of benzene rings is 4. The predicted molar refractivity (Wildman–Crippen MR) is 229 cm³/mol. The molecule has 0 saturated carbocycles. The average Bonchev–Trinajstić information content (AvgIpc) is 3.69. The quantitative estimate of drug-likeness (QED) is 0.165. The van der Waals surface area contributed by atoms with Crippen molar-refractivity contribution >= 4 is 33.2 Å². The topological polar surface area (TPSA) is 33.5 Å². The number of nitrogens with zero attached hydrogens (tertiary/aromatic N) is 4. The van der Waals surface area contributed by atoms with Gasteiger partial charge in [0.25, 0.3) is 0 Å². The van der Waals surface area contributed by atoms with E-state index < -0.39 is 0 Å². The van der Waals surface area contributed by atoms with Crippen molar-refractivity contribution in [2.75, 3.05) is 16.5 Å². The predicted octanol–water partition coefficient (Wildman–Crippen LogP) is 13.5. The highest BCUT2D eigenvalue weighted by Crippen LogP contribution is 2.49. The summed E-state index contributed by atoms with van der Waals surface area (Å²) in [5.74, 6) is 2.92. The Labute approximate surface area is 323 Å². The molecule has 7 rings (SSSR count). The molecule has 0 unspecified atom stereocenters. The van der Waals surface area contributed by atoms with Gasteiger partial charge in [-0.3, -0.25) is 4.57 Å². The van der Waals surface area contributed by atoms with E-state index >= 15 is 0 Å². The molecule has 0 N–H and O–H groups in total. The van der Waals surface area contributed by atoms with Gasteiger partial charge in [0.1, 0.15) is 17.3 Å². The minimum Gasteiger partial charge on any atom is -0.457 e. The van der Waals surface area contributed by atoms with Gasteiger partial charge in [-0.05, 0) is 89.0 Å². The van der Waals surface area contributed by atoms with Crippen molar-refractivity contribution in [1.82, 2.24) is 9.55 Å². The molecule has 1 aliphatic rings. The van der Waals surface area contributed by atoms with Gasteiger partial charge in [0.05, 0.1) is 17.7 Å². The summed E-state index contributed by atoms with van der Waals surface area (Å²) in [6.45, 7) is 28.4. The van der Waals surface area contributed by atoms with Gasteiger partial charge in [-0.25, -0.2) is 4.98 Å². The first kappa shape index (κ1) is 37.3. The van der Waals surface area contributed by atoms with Crippen molar-refractivity contribution in [2.24, 2.45) is 10.8 Å². The van der Waals surface area contributed by atoms with Crippen LogP contribution in [0.4, 0.5) is 11.4 Å². The molecule has 0 fully saturated rings. The van der Waals surface area contributed by atoms with E-state index in [-0.39, 0.29) is 16.2 Å². The highest BCUT2D eigenvalue weighted by molar-refractivity contribution is 6.09. The summed E-state index contributed by atoms with van der Waals surface area (Å²) < 4.78 is 9.02. The monoisotopic (exact) mass is 718 g/mol. The zero-order valence-corrected chi connectivity index (χ0v) is 34.5. The molecule has 0 amide bonds. The zero-order chi connectivity index (χ0) is 38.7. The maximum atomic E-state index is 6.76. The van der Waals surface area contributed by atoms with Gasteiger partial charge in [-0.1, -0.05) is 113 Å². The first-order valence-electron chi connectivity index (χ1n) is 19.7. The van der Waals surface area contributed by atoms with Crippen molar-refractivity contribution in [2.45, 2.75) is 101 Å². The maximum Gasteiger partial charge on any atom is 0.137 e. The number of allylic oxidation sites excluding steroid dienone is 2. The second-order valence-corrected chi connectivity index (χ2v) is 18.4. The fourth-order valence-electron chi connectivity index (χ4n) is 7.97. The summed E-state index contributed by atoms with van der Waals surface area (Å²) in [6, 6.07) is 35.1. The van der Waals surface area contributed by atoms with Gasteiger partial charge in [0.15, 0.2) is 0 Å². The summed E-state index contributed by atoms with van der Waals surface area (Å²) in [4.78, 5) is 9.92. The van der Waals surface area contributed by atoms with Gasteiger partial charge < -0.3 is 14.5 Å². The number of para-hydroxylation sites is 1. The van der Waals surface area contributed by atoms with Crippen LogP contribution in [0.1, 0.15) is 106 Å². The van der Waals surface area contributed by atoms with Gasteiger partial charge in [0, 0.05) is 62.7 Å². The van der Waals surface area contributed by atoms with Crippen LogP contribution in [0, 0.1) is 10.8 Å². The van der Waals surface area contributed by atoms with Crippen molar-refractivity contribution in [3.8, 4) is 17.3 Å². The van der Waals surface area contributed by atoms with Crippen LogP contribution in [0.3, 0.4) is 0 Å². The second kappa shape index (κ2) is 13.7. The number of rotatable bonds is 7. The van der Waals surface area contributed by atoms with Crippen LogP contribution >= 0.6 is 0 Å². The van der Waals surface area contributed by atoms with E-state index in [1.54, 1.807) is 0 Å². The molecule has 1 aliphatic heterocycles. The Hall–Kier alpha value is -5.03. The van der Waals surface area contributed by atoms with E-state index in [0.717, 1.165) is 47.1 Å². The molecule has 0 radical (unpaired) electrons. The van der Waals surface area contributed by atoms with E-state index in [0.29, 0.717) is 5.92 Å². The molecule has 2 aromatic heterocycles. The van der Waals surface area contributed by atoms with E-state index in [1.165, 1.54) is 44.5 Å². The standard InChI is InChI=1S/C49H58N4O/c1-13-33-25-35(47(4,5)6)28-37(26-33)52-31-51(45(48(7,8)9)46(52)49(10,11)12)36-17-16-18-38(29-36)54-39-21-22-41-40-19-14-15-20-42(40)53(43(41)30-39)44-27-34(32(2)3)23-24-50-44/h14-30,32H,13,31H2,1-12H3. The van der Waals surface area contributed by atoms with Crippen LogP contribution in [-0.2, 0) is 11.8 Å². The third kappa shape index (κ3) is 7.01. The van der Waals surface area contributed by atoms with Crippen molar-refractivity contribution in [3.63, 3.8) is 0 Å². The van der Waals surface area contributed by atoms with E-state index in [4.69, 9.17) is 9.72 Å². The van der Waals surface area contributed by atoms with Crippen LogP contribution in [-0.4, -0.2) is 16.2 Å². The molecule has 0 bridgehead atoms. The number of pyridine rings is 1. The van der Waals surface area contributed by atoms with Gasteiger partial charge >= 0.3 is 0 Å². The molecular formula is C49H58N4O. The summed E-state index contributed by atoms with van der Waals surface area (Å²) in [5.41, 5.74) is 11.2. The van der Waals surface area contributed by atoms with Crippen LogP contribution in [0.5, 0.6) is 11.5 Å². The number of fused-ring (bicyclic) bond motifs is 3. The molecular weight excluding hydrogens is 661 g/mol. The molecule has 3 heterocycles. The third-order valence-corrected chi connectivity index (χ3v) is 10.7. The van der Waals surface area contributed by atoms with Crippen molar-refractivity contribution in [3.05, 3.63) is 131 Å². The van der Waals surface area contributed by atoms with Crippen LogP contribution in [0.15, 0.2) is 115 Å². The lowest BCUT2D eigenvalue weighted by Gasteiger charge is -2.34. The Morgan fingerprint density at radius 2 is 1.30 bits per heavy atom. The Bertz CT molecular complexity index is 2370. The number of aryl methyl sites for hydroxylation is 1. The van der Waals surface area contributed by atoms with Crippen molar-refractivity contribution in [1.29, 1.82) is 0 Å². The molecule has 5 heteroatoms. The Morgan fingerprint density at radius 1 is 0.630 bits per heavy atom. The Kier molecular flexibility index (Phi) is 9.44. The molecule has 0 aliphatic carbocycles. The van der Waals surface area contributed by atoms with Gasteiger partial charge in [0.2, 0.25) is 0 Å². The molecule has 4 aromatic carbocycles. The highest BCUT2D eigenvalue weighted by Gasteiger charge is 2.42. The lowest BCUT2D eigenvalue weighted by molar-refractivity contribution is 0.444. The first-order valence-corrected chi connectivity index (χ1v) is 19.7. The molecule has 54 heavy (non-hydrogen) atoms. The molecule has 0 atom stereocenters. The number of ether oxygens (including phenoxy) is 1. The minimum absolute atomic E-state index is 0.0511. The molecule has 280 valence electrons. The fourth-order valence-corrected chi connectivity index (χ4v) is 7.97.